The molecule has 8 rings (SSSR count). The SMILES string of the molecule is CC(C)(C)c1ccc2c(-c3cc4ccc5ccccc5c4c4ccccc34)c3cc(C(C)(C)C)ccc3c(-c3ccccc3)c2c1. The molecule has 224 valence electrons. The summed E-state index contributed by atoms with van der Waals surface area (Å²) in [4.78, 5) is 0. The van der Waals surface area contributed by atoms with Crippen molar-refractivity contribution in [3.63, 3.8) is 0 Å². The molecule has 0 fully saturated rings. The van der Waals surface area contributed by atoms with Crippen LogP contribution in [0.3, 0.4) is 0 Å². The average Bonchev–Trinajstić information content (AvgIpc) is 3.05. The van der Waals surface area contributed by atoms with Crippen molar-refractivity contribution in [2.24, 2.45) is 0 Å². The Kier molecular flexibility index (Phi) is 6.38. The Morgan fingerprint density at radius 3 is 1.52 bits per heavy atom. The summed E-state index contributed by atoms with van der Waals surface area (Å²) in [5.41, 5.74) is 7.94. The molecular weight excluding hydrogens is 553 g/mol. The zero-order valence-corrected chi connectivity index (χ0v) is 27.7. The fourth-order valence-electron chi connectivity index (χ4n) is 7.45. The summed E-state index contributed by atoms with van der Waals surface area (Å²) >= 11 is 0. The molecule has 0 heterocycles. The van der Waals surface area contributed by atoms with Gasteiger partial charge in [-0.25, -0.2) is 0 Å². The Bertz CT molecular complexity index is 2460. The Morgan fingerprint density at radius 2 is 0.870 bits per heavy atom. The van der Waals surface area contributed by atoms with Crippen LogP contribution in [0.5, 0.6) is 0 Å². The quantitative estimate of drug-likeness (QED) is 0.138. The van der Waals surface area contributed by atoms with Gasteiger partial charge >= 0.3 is 0 Å². The predicted molar refractivity (Wildman–Crippen MR) is 202 cm³/mol. The van der Waals surface area contributed by atoms with Gasteiger partial charge in [0.2, 0.25) is 0 Å². The van der Waals surface area contributed by atoms with Crippen LogP contribution in [-0.4, -0.2) is 0 Å². The van der Waals surface area contributed by atoms with Crippen molar-refractivity contribution in [2.45, 2.75) is 52.4 Å². The predicted octanol–water partition coefficient (Wildman–Crippen LogP) is 13.4. The second kappa shape index (κ2) is 10.3. The van der Waals surface area contributed by atoms with Gasteiger partial charge in [0.15, 0.2) is 0 Å². The highest BCUT2D eigenvalue weighted by Gasteiger charge is 2.24. The van der Waals surface area contributed by atoms with Crippen molar-refractivity contribution in [2.75, 3.05) is 0 Å². The molecule has 0 heteroatoms. The topological polar surface area (TPSA) is 0 Å². The fourth-order valence-corrected chi connectivity index (χ4v) is 7.45. The lowest BCUT2D eigenvalue weighted by Gasteiger charge is -2.25. The molecule has 0 aliphatic carbocycles. The first-order valence-electron chi connectivity index (χ1n) is 16.5. The minimum absolute atomic E-state index is 0.0216. The van der Waals surface area contributed by atoms with Gasteiger partial charge in [-0.3, -0.25) is 0 Å². The first-order chi connectivity index (χ1) is 22.1. The molecule has 0 aromatic heterocycles. The Hall–Kier alpha value is -4.94. The molecule has 8 aromatic rings. The van der Waals surface area contributed by atoms with Crippen LogP contribution in [0.4, 0.5) is 0 Å². The number of fused-ring (bicyclic) bond motifs is 7. The monoisotopic (exact) mass is 592 g/mol. The molecule has 0 nitrogen and oxygen atoms in total. The summed E-state index contributed by atoms with van der Waals surface area (Å²) in [6.45, 7) is 13.9. The van der Waals surface area contributed by atoms with E-state index < -0.39 is 0 Å². The van der Waals surface area contributed by atoms with Crippen LogP contribution >= 0.6 is 0 Å². The maximum Gasteiger partial charge on any atom is -0.00198 e. The standard InChI is InChI=1S/C46H40/c1-45(2,3)32-23-25-38-40(27-32)42(30-15-8-7-9-16-30)37-24-22-33(46(4,5)6)28-41(37)44(38)39-26-31-21-20-29-14-10-11-17-34(29)43(31)36-19-13-12-18-35(36)39/h7-28H,1-6H3. The summed E-state index contributed by atoms with van der Waals surface area (Å²) in [5.74, 6) is 0. The van der Waals surface area contributed by atoms with Gasteiger partial charge in [-0.05, 0) is 116 Å². The average molecular weight is 593 g/mol. The molecular formula is C46H40. The van der Waals surface area contributed by atoms with Crippen molar-refractivity contribution in [1.82, 2.24) is 0 Å². The molecule has 0 unspecified atom stereocenters. The zero-order valence-electron chi connectivity index (χ0n) is 27.7. The van der Waals surface area contributed by atoms with Gasteiger partial charge in [0.1, 0.15) is 0 Å². The lowest BCUT2D eigenvalue weighted by Crippen LogP contribution is -2.11. The highest BCUT2D eigenvalue weighted by atomic mass is 14.3. The summed E-state index contributed by atoms with van der Waals surface area (Å²) in [6.07, 6.45) is 0. The van der Waals surface area contributed by atoms with Gasteiger partial charge in [0, 0.05) is 0 Å². The summed E-state index contributed by atoms with van der Waals surface area (Å²) < 4.78 is 0. The molecule has 0 spiro atoms. The second-order valence-corrected chi connectivity index (χ2v) is 15.0. The van der Waals surface area contributed by atoms with E-state index in [1.54, 1.807) is 0 Å². The molecule has 46 heavy (non-hydrogen) atoms. The summed E-state index contributed by atoms with van der Waals surface area (Å²) in [6, 6.07) is 50.3. The second-order valence-electron chi connectivity index (χ2n) is 15.0. The molecule has 0 bridgehead atoms. The van der Waals surface area contributed by atoms with E-state index in [0.717, 1.165) is 0 Å². The molecule has 0 aliphatic heterocycles. The molecule has 0 aliphatic rings. The number of benzene rings is 8. The van der Waals surface area contributed by atoms with Crippen LogP contribution in [0.25, 0.3) is 76.1 Å². The molecule has 0 atom stereocenters. The van der Waals surface area contributed by atoms with Crippen molar-refractivity contribution in [3.05, 3.63) is 145 Å². The van der Waals surface area contributed by atoms with Gasteiger partial charge in [-0.2, -0.15) is 0 Å². The fraction of sp³-hybridized carbons (Fsp3) is 0.174. The molecule has 0 N–H and O–H groups in total. The minimum Gasteiger partial charge on any atom is -0.0622 e. The van der Waals surface area contributed by atoms with E-state index in [1.165, 1.54) is 87.2 Å². The van der Waals surface area contributed by atoms with E-state index in [9.17, 15) is 0 Å². The van der Waals surface area contributed by atoms with Crippen molar-refractivity contribution in [3.8, 4) is 22.3 Å². The zero-order chi connectivity index (χ0) is 31.8. The first kappa shape index (κ1) is 28.5. The van der Waals surface area contributed by atoms with Crippen LogP contribution in [0.15, 0.2) is 133 Å². The summed E-state index contributed by atoms with van der Waals surface area (Å²) in [5, 5.41) is 13.0. The Morgan fingerprint density at radius 1 is 0.348 bits per heavy atom. The third-order valence-corrected chi connectivity index (χ3v) is 9.93. The maximum atomic E-state index is 2.48. The Balaban J connectivity index is 1.62. The molecule has 0 radical (unpaired) electrons. The smallest absolute Gasteiger partial charge is 0.00198 e. The van der Waals surface area contributed by atoms with Gasteiger partial charge < -0.3 is 0 Å². The van der Waals surface area contributed by atoms with Gasteiger partial charge in [-0.15, -0.1) is 0 Å². The normalized spacial score (nSPS) is 12.6. The number of hydrogen-bond acceptors (Lipinski definition) is 0. The first-order valence-corrected chi connectivity index (χ1v) is 16.5. The lowest BCUT2D eigenvalue weighted by molar-refractivity contribution is 0.590. The van der Waals surface area contributed by atoms with E-state index in [1.807, 2.05) is 0 Å². The van der Waals surface area contributed by atoms with E-state index >= 15 is 0 Å². The third-order valence-electron chi connectivity index (χ3n) is 9.93. The highest BCUT2D eigenvalue weighted by Crippen LogP contribution is 2.48. The maximum absolute atomic E-state index is 2.48. The lowest BCUT2D eigenvalue weighted by atomic mass is 9.78. The number of rotatable bonds is 2. The highest BCUT2D eigenvalue weighted by molar-refractivity contribution is 6.28. The largest absolute Gasteiger partial charge is 0.0622 e. The molecule has 0 saturated heterocycles. The van der Waals surface area contributed by atoms with Crippen LogP contribution in [0.1, 0.15) is 52.7 Å². The van der Waals surface area contributed by atoms with Gasteiger partial charge in [-0.1, -0.05) is 157 Å². The van der Waals surface area contributed by atoms with Crippen LogP contribution in [-0.2, 0) is 10.8 Å². The molecule has 0 saturated carbocycles. The van der Waals surface area contributed by atoms with Crippen LogP contribution < -0.4 is 0 Å². The molecule has 0 amide bonds. The third kappa shape index (κ3) is 4.51. The van der Waals surface area contributed by atoms with Crippen LogP contribution in [0, 0.1) is 0 Å². The molecule has 8 aromatic carbocycles. The van der Waals surface area contributed by atoms with Crippen molar-refractivity contribution < 1.29 is 0 Å². The van der Waals surface area contributed by atoms with E-state index in [2.05, 4.69) is 175 Å². The number of hydrogen-bond donors (Lipinski definition) is 0. The summed E-state index contributed by atoms with van der Waals surface area (Å²) in [7, 11) is 0. The van der Waals surface area contributed by atoms with Gasteiger partial charge in [0.25, 0.3) is 0 Å². The van der Waals surface area contributed by atoms with E-state index in [4.69, 9.17) is 0 Å². The Labute approximate surface area is 272 Å². The van der Waals surface area contributed by atoms with Gasteiger partial charge in [0.05, 0.1) is 0 Å². The van der Waals surface area contributed by atoms with Crippen LogP contribution in [0.2, 0.25) is 0 Å². The van der Waals surface area contributed by atoms with Crippen molar-refractivity contribution in [1.29, 1.82) is 0 Å². The van der Waals surface area contributed by atoms with Crippen molar-refractivity contribution >= 4 is 53.9 Å². The van der Waals surface area contributed by atoms with E-state index in [-0.39, 0.29) is 10.8 Å². The minimum atomic E-state index is 0.0216. The van der Waals surface area contributed by atoms with E-state index in [0.29, 0.717) is 0 Å².